The Morgan fingerprint density at radius 2 is 2.19 bits per heavy atom. The lowest BCUT2D eigenvalue weighted by atomic mass is 10.1. The van der Waals surface area contributed by atoms with Crippen molar-refractivity contribution < 1.29 is 9.53 Å². The molecule has 1 aromatic rings. The molecule has 0 bridgehead atoms. The summed E-state index contributed by atoms with van der Waals surface area (Å²) in [5.74, 6) is 0. The molecule has 1 atom stereocenters. The summed E-state index contributed by atoms with van der Waals surface area (Å²) in [5, 5.41) is 3.26. The van der Waals surface area contributed by atoms with Crippen LogP contribution < -0.4 is 10.9 Å². The number of halogens is 1. The number of nitrogens with zero attached hydrogens (tertiary/aromatic N) is 1. The lowest BCUT2D eigenvalue weighted by molar-refractivity contribution is 0.0117. The molecule has 116 valence electrons. The minimum Gasteiger partial charge on any atom is -0.444 e. The summed E-state index contributed by atoms with van der Waals surface area (Å²) in [6, 6.07) is 1.58. The third-order valence-corrected chi connectivity index (χ3v) is 3.73. The van der Waals surface area contributed by atoms with E-state index in [4.69, 9.17) is 4.74 Å². The van der Waals surface area contributed by atoms with Crippen LogP contribution >= 0.6 is 15.9 Å². The number of pyridine rings is 1. The van der Waals surface area contributed by atoms with Crippen molar-refractivity contribution in [2.24, 2.45) is 0 Å². The van der Waals surface area contributed by atoms with E-state index in [0.29, 0.717) is 17.6 Å². The van der Waals surface area contributed by atoms with Crippen molar-refractivity contribution in [3.05, 3.63) is 32.7 Å². The summed E-state index contributed by atoms with van der Waals surface area (Å²) in [4.78, 5) is 28.1. The molecule has 0 aromatic carbocycles. The quantitative estimate of drug-likeness (QED) is 0.806. The first-order valence-corrected chi connectivity index (χ1v) is 7.66. The maximum absolute atomic E-state index is 12.3. The van der Waals surface area contributed by atoms with Crippen LogP contribution in [0.4, 0.5) is 4.79 Å². The average molecular weight is 358 g/mol. The predicted molar refractivity (Wildman–Crippen MR) is 83.3 cm³/mol. The Hall–Kier alpha value is -1.34. The summed E-state index contributed by atoms with van der Waals surface area (Å²) in [6.45, 7) is 7.45. The van der Waals surface area contributed by atoms with Crippen molar-refractivity contribution >= 4 is 22.0 Å². The Kier molecular flexibility index (Phi) is 4.73. The third kappa shape index (κ3) is 4.07. The molecule has 0 spiro atoms. The van der Waals surface area contributed by atoms with Crippen LogP contribution in [0.5, 0.6) is 0 Å². The molecule has 0 saturated carbocycles. The first-order chi connectivity index (χ1) is 9.78. The highest BCUT2D eigenvalue weighted by atomic mass is 79.9. The second-order valence-electron chi connectivity index (χ2n) is 6.00. The zero-order valence-corrected chi connectivity index (χ0v) is 14.0. The first-order valence-electron chi connectivity index (χ1n) is 6.86. The molecule has 7 heteroatoms. The van der Waals surface area contributed by atoms with E-state index in [0.717, 1.165) is 12.1 Å². The van der Waals surface area contributed by atoms with Gasteiger partial charge in [-0.3, -0.25) is 9.69 Å². The molecular formula is C14H20BrN3O3. The molecule has 2 rings (SSSR count). The highest BCUT2D eigenvalue weighted by Gasteiger charge is 2.31. The number of nitrogens with one attached hydrogen (secondary N) is 2. The van der Waals surface area contributed by atoms with Gasteiger partial charge in [0.2, 0.25) is 0 Å². The minimum atomic E-state index is -0.530. The summed E-state index contributed by atoms with van der Waals surface area (Å²) < 4.78 is 5.91. The number of carbonyl (C=O) groups excluding carboxylic acids is 1. The van der Waals surface area contributed by atoms with E-state index in [1.165, 1.54) is 0 Å². The fourth-order valence-electron chi connectivity index (χ4n) is 2.20. The Morgan fingerprint density at radius 1 is 1.48 bits per heavy atom. The number of ether oxygens (including phenoxy) is 1. The molecule has 1 unspecified atom stereocenters. The van der Waals surface area contributed by atoms with Gasteiger partial charge < -0.3 is 15.0 Å². The van der Waals surface area contributed by atoms with Crippen LogP contribution in [0.25, 0.3) is 0 Å². The van der Waals surface area contributed by atoms with Gasteiger partial charge in [0.15, 0.2) is 0 Å². The predicted octanol–water partition coefficient (Wildman–Crippen LogP) is 2.02. The molecule has 1 saturated heterocycles. The van der Waals surface area contributed by atoms with Crippen LogP contribution in [0.1, 0.15) is 32.4 Å². The smallest absolute Gasteiger partial charge is 0.410 e. The Morgan fingerprint density at radius 3 is 2.81 bits per heavy atom. The van der Waals surface area contributed by atoms with E-state index in [1.54, 1.807) is 17.2 Å². The minimum absolute atomic E-state index is 0.165. The maximum Gasteiger partial charge on any atom is 0.410 e. The lowest BCUT2D eigenvalue weighted by Gasteiger charge is -2.37. The Bertz CT molecular complexity index is 580. The molecule has 1 aliphatic rings. The summed E-state index contributed by atoms with van der Waals surface area (Å²) in [6.07, 6.45) is 1.30. The van der Waals surface area contributed by atoms with E-state index in [2.05, 4.69) is 26.2 Å². The number of piperazine rings is 1. The van der Waals surface area contributed by atoms with E-state index in [-0.39, 0.29) is 17.7 Å². The fourth-order valence-corrected chi connectivity index (χ4v) is 2.58. The standard InChI is InChI=1S/C14H20BrN3O3/c1-14(2,3)21-13(20)18-5-4-16-8-11(18)9-6-10(15)12(19)17-7-9/h6-7,11,16H,4-5,8H2,1-3H3,(H,17,19). The van der Waals surface area contributed by atoms with Crippen molar-refractivity contribution in [2.45, 2.75) is 32.4 Å². The van der Waals surface area contributed by atoms with Crippen LogP contribution in [-0.4, -0.2) is 41.2 Å². The molecule has 1 fully saturated rings. The maximum atomic E-state index is 12.3. The monoisotopic (exact) mass is 357 g/mol. The van der Waals surface area contributed by atoms with Gasteiger partial charge in [0.25, 0.3) is 5.56 Å². The topological polar surface area (TPSA) is 74.4 Å². The molecule has 1 amide bonds. The number of carbonyl (C=O) groups is 1. The number of amides is 1. The molecule has 21 heavy (non-hydrogen) atoms. The summed E-state index contributed by atoms with van der Waals surface area (Å²) >= 11 is 3.22. The number of hydrogen-bond acceptors (Lipinski definition) is 4. The largest absolute Gasteiger partial charge is 0.444 e. The summed E-state index contributed by atoms with van der Waals surface area (Å²) in [7, 11) is 0. The van der Waals surface area contributed by atoms with Crippen molar-refractivity contribution in [1.82, 2.24) is 15.2 Å². The summed E-state index contributed by atoms with van der Waals surface area (Å²) in [5.41, 5.74) is 0.142. The number of hydrogen-bond donors (Lipinski definition) is 2. The van der Waals surface area contributed by atoms with Gasteiger partial charge in [0, 0.05) is 25.8 Å². The number of rotatable bonds is 1. The van der Waals surface area contributed by atoms with Gasteiger partial charge in [0.05, 0.1) is 10.5 Å². The number of aromatic nitrogens is 1. The van der Waals surface area contributed by atoms with Crippen LogP contribution in [0.2, 0.25) is 0 Å². The van der Waals surface area contributed by atoms with Gasteiger partial charge in [-0.05, 0) is 48.3 Å². The van der Waals surface area contributed by atoms with Crippen molar-refractivity contribution in [2.75, 3.05) is 19.6 Å². The SMILES string of the molecule is CC(C)(C)OC(=O)N1CCNCC1c1c[nH]c(=O)c(Br)c1. The van der Waals surface area contributed by atoms with E-state index >= 15 is 0 Å². The van der Waals surface area contributed by atoms with Gasteiger partial charge >= 0.3 is 6.09 Å². The average Bonchev–Trinajstić information content (AvgIpc) is 2.40. The van der Waals surface area contributed by atoms with Crippen molar-refractivity contribution in [3.8, 4) is 0 Å². The second kappa shape index (κ2) is 6.19. The molecular weight excluding hydrogens is 338 g/mol. The van der Waals surface area contributed by atoms with E-state index < -0.39 is 5.60 Å². The van der Waals surface area contributed by atoms with Crippen LogP contribution in [0.15, 0.2) is 21.5 Å². The molecule has 1 aromatic heterocycles. The molecule has 6 nitrogen and oxygen atoms in total. The second-order valence-corrected chi connectivity index (χ2v) is 6.86. The van der Waals surface area contributed by atoms with Gasteiger partial charge in [-0.15, -0.1) is 0 Å². The lowest BCUT2D eigenvalue weighted by Crippen LogP contribution is -2.50. The molecule has 0 aliphatic carbocycles. The van der Waals surface area contributed by atoms with E-state index in [9.17, 15) is 9.59 Å². The Balaban J connectivity index is 2.24. The Labute approximate surface area is 132 Å². The third-order valence-electron chi connectivity index (χ3n) is 3.14. The fraction of sp³-hybridized carbons (Fsp3) is 0.571. The molecule has 2 N–H and O–H groups in total. The number of aromatic amines is 1. The highest BCUT2D eigenvalue weighted by molar-refractivity contribution is 9.10. The molecule has 0 radical (unpaired) electrons. The van der Waals surface area contributed by atoms with Crippen LogP contribution in [0.3, 0.4) is 0 Å². The zero-order chi connectivity index (χ0) is 15.6. The molecule has 2 heterocycles. The highest BCUT2D eigenvalue weighted by Crippen LogP contribution is 2.24. The van der Waals surface area contributed by atoms with E-state index in [1.807, 2.05) is 20.8 Å². The van der Waals surface area contributed by atoms with Crippen LogP contribution in [-0.2, 0) is 4.74 Å². The molecule has 1 aliphatic heterocycles. The van der Waals surface area contributed by atoms with Gasteiger partial charge in [-0.25, -0.2) is 4.79 Å². The number of H-pyrrole nitrogens is 1. The van der Waals surface area contributed by atoms with Gasteiger partial charge in [-0.1, -0.05) is 0 Å². The van der Waals surface area contributed by atoms with Gasteiger partial charge in [0.1, 0.15) is 5.60 Å². The normalized spacial score (nSPS) is 19.4. The van der Waals surface area contributed by atoms with Gasteiger partial charge in [-0.2, -0.15) is 0 Å². The van der Waals surface area contributed by atoms with Crippen molar-refractivity contribution in [3.63, 3.8) is 0 Å². The zero-order valence-electron chi connectivity index (χ0n) is 12.4. The van der Waals surface area contributed by atoms with Crippen molar-refractivity contribution in [1.29, 1.82) is 0 Å². The first kappa shape index (κ1) is 16.0. The van der Waals surface area contributed by atoms with Crippen LogP contribution in [0, 0.1) is 0 Å².